The SMILES string of the molecule is O=C(NC(Cc1ccccc1)C(=O)Nc1cc(F)ccc1N1CCNCC1)c1ccccc1. The summed E-state index contributed by atoms with van der Waals surface area (Å²) < 4.78 is 14.1. The minimum atomic E-state index is -0.834. The average molecular weight is 447 g/mol. The molecule has 0 aromatic heterocycles. The van der Waals surface area contributed by atoms with Gasteiger partial charge in [0, 0.05) is 38.2 Å². The molecule has 1 heterocycles. The van der Waals surface area contributed by atoms with E-state index in [1.165, 1.54) is 12.1 Å². The van der Waals surface area contributed by atoms with Crippen LogP contribution in [0.3, 0.4) is 0 Å². The maximum Gasteiger partial charge on any atom is 0.251 e. The van der Waals surface area contributed by atoms with Crippen molar-refractivity contribution in [2.75, 3.05) is 36.4 Å². The fourth-order valence-corrected chi connectivity index (χ4v) is 3.90. The van der Waals surface area contributed by atoms with Crippen LogP contribution in [0.5, 0.6) is 0 Å². The molecule has 2 amide bonds. The van der Waals surface area contributed by atoms with Gasteiger partial charge in [-0.1, -0.05) is 48.5 Å². The number of rotatable bonds is 7. The highest BCUT2D eigenvalue weighted by Gasteiger charge is 2.24. The first-order valence-electron chi connectivity index (χ1n) is 11.1. The second kappa shape index (κ2) is 10.7. The van der Waals surface area contributed by atoms with E-state index in [1.807, 2.05) is 36.4 Å². The Kier molecular flexibility index (Phi) is 7.32. The third-order valence-electron chi connectivity index (χ3n) is 5.61. The Hall–Kier alpha value is -3.71. The molecule has 6 nitrogen and oxygen atoms in total. The van der Waals surface area contributed by atoms with Crippen LogP contribution in [0.1, 0.15) is 15.9 Å². The largest absolute Gasteiger partial charge is 0.367 e. The monoisotopic (exact) mass is 446 g/mol. The predicted molar refractivity (Wildman–Crippen MR) is 128 cm³/mol. The van der Waals surface area contributed by atoms with Gasteiger partial charge in [-0.3, -0.25) is 9.59 Å². The Balaban J connectivity index is 1.57. The molecule has 1 saturated heterocycles. The van der Waals surface area contributed by atoms with Gasteiger partial charge in [0.15, 0.2) is 0 Å². The number of nitrogens with zero attached hydrogens (tertiary/aromatic N) is 1. The summed E-state index contributed by atoms with van der Waals surface area (Å²) in [5, 5.41) is 9.01. The van der Waals surface area contributed by atoms with Crippen molar-refractivity contribution in [1.29, 1.82) is 0 Å². The van der Waals surface area contributed by atoms with Crippen LogP contribution in [0.25, 0.3) is 0 Å². The van der Waals surface area contributed by atoms with Gasteiger partial charge in [-0.15, -0.1) is 0 Å². The summed E-state index contributed by atoms with van der Waals surface area (Å²) in [6.07, 6.45) is 0.309. The van der Waals surface area contributed by atoms with Crippen LogP contribution in [0.4, 0.5) is 15.8 Å². The van der Waals surface area contributed by atoms with Crippen LogP contribution < -0.4 is 20.9 Å². The van der Waals surface area contributed by atoms with Crippen molar-refractivity contribution in [1.82, 2.24) is 10.6 Å². The van der Waals surface area contributed by atoms with E-state index in [4.69, 9.17) is 0 Å². The summed E-state index contributed by atoms with van der Waals surface area (Å²) in [7, 11) is 0. The Labute approximate surface area is 192 Å². The van der Waals surface area contributed by atoms with E-state index in [2.05, 4.69) is 20.9 Å². The van der Waals surface area contributed by atoms with Gasteiger partial charge >= 0.3 is 0 Å². The third-order valence-corrected chi connectivity index (χ3v) is 5.61. The lowest BCUT2D eigenvalue weighted by Crippen LogP contribution is -2.46. The van der Waals surface area contributed by atoms with Crippen molar-refractivity contribution >= 4 is 23.2 Å². The van der Waals surface area contributed by atoms with Gasteiger partial charge in [0.25, 0.3) is 5.91 Å². The van der Waals surface area contributed by atoms with E-state index in [1.54, 1.807) is 30.3 Å². The fourth-order valence-electron chi connectivity index (χ4n) is 3.90. The Bertz CT molecular complexity index is 1090. The van der Waals surface area contributed by atoms with Gasteiger partial charge in [-0.25, -0.2) is 4.39 Å². The highest BCUT2D eigenvalue weighted by atomic mass is 19.1. The lowest BCUT2D eigenvalue weighted by Gasteiger charge is -2.31. The van der Waals surface area contributed by atoms with Crippen molar-refractivity contribution in [2.24, 2.45) is 0 Å². The lowest BCUT2D eigenvalue weighted by molar-refractivity contribution is -0.118. The first kappa shape index (κ1) is 22.5. The highest BCUT2D eigenvalue weighted by molar-refractivity contribution is 6.02. The van der Waals surface area contributed by atoms with Crippen molar-refractivity contribution in [3.8, 4) is 0 Å². The lowest BCUT2D eigenvalue weighted by atomic mass is 10.0. The third kappa shape index (κ3) is 5.96. The number of hydrogen-bond acceptors (Lipinski definition) is 4. The fraction of sp³-hybridized carbons (Fsp3) is 0.231. The first-order chi connectivity index (χ1) is 16.1. The van der Waals surface area contributed by atoms with Crippen LogP contribution in [0, 0.1) is 5.82 Å². The van der Waals surface area contributed by atoms with Crippen molar-refractivity contribution in [2.45, 2.75) is 12.5 Å². The summed E-state index contributed by atoms with van der Waals surface area (Å²) in [6.45, 7) is 3.14. The molecule has 1 fully saturated rings. The Morgan fingerprint density at radius 2 is 1.61 bits per heavy atom. The number of amides is 2. The summed E-state index contributed by atoms with van der Waals surface area (Å²) in [4.78, 5) is 28.3. The van der Waals surface area contributed by atoms with Gasteiger partial charge < -0.3 is 20.9 Å². The van der Waals surface area contributed by atoms with E-state index in [9.17, 15) is 14.0 Å². The Morgan fingerprint density at radius 3 is 2.30 bits per heavy atom. The molecule has 0 aliphatic carbocycles. The van der Waals surface area contributed by atoms with Crippen LogP contribution in [0.15, 0.2) is 78.9 Å². The molecule has 4 rings (SSSR count). The van der Waals surface area contributed by atoms with Crippen LogP contribution in [-0.4, -0.2) is 44.0 Å². The molecule has 1 atom stereocenters. The average Bonchev–Trinajstić information content (AvgIpc) is 2.85. The van der Waals surface area contributed by atoms with Gasteiger partial charge in [0.2, 0.25) is 5.91 Å². The molecule has 0 saturated carbocycles. The van der Waals surface area contributed by atoms with Gasteiger partial charge in [0.05, 0.1) is 11.4 Å². The molecule has 3 aromatic carbocycles. The number of benzene rings is 3. The quantitative estimate of drug-likeness (QED) is 0.521. The molecule has 0 spiro atoms. The summed E-state index contributed by atoms with van der Waals surface area (Å²) in [5.41, 5.74) is 2.54. The molecule has 7 heteroatoms. The normalized spacial score (nSPS) is 14.4. The number of piperazine rings is 1. The van der Waals surface area contributed by atoms with Crippen LogP contribution in [-0.2, 0) is 11.2 Å². The molecular weight excluding hydrogens is 419 g/mol. The van der Waals surface area contributed by atoms with Crippen LogP contribution >= 0.6 is 0 Å². The smallest absolute Gasteiger partial charge is 0.251 e. The zero-order valence-corrected chi connectivity index (χ0v) is 18.3. The number of hydrogen-bond donors (Lipinski definition) is 3. The molecule has 1 aliphatic heterocycles. The second-order valence-corrected chi connectivity index (χ2v) is 7.97. The molecule has 170 valence electrons. The first-order valence-corrected chi connectivity index (χ1v) is 11.1. The summed E-state index contributed by atoms with van der Waals surface area (Å²) in [5.74, 6) is -1.17. The number of carbonyl (C=O) groups excluding carboxylic acids is 2. The van der Waals surface area contributed by atoms with E-state index in [0.717, 1.165) is 37.4 Å². The second-order valence-electron chi connectivity index (χ2n) is 7.97. The highest BCUT2D eigenvalue weighted by Crippen LogP contribution is 2.27. The zero-order chi connectivity index (χ0) is 23.0. The summed E-state index contributed by atoms with van der Waals surface area (Å²) >= 11 is 0. The van der Waals surface area contributed by atoms with E-state index in [-0.39, 0.29) is 5.91 Å². The van der Waals surface area contributed by atoms with E-state index < -0.39 is 17.8 Å². The van der Waals surface area contributed by atoms with Gasteiger partial charge in [-0.05, 0) is 35.9 Å². The standard InChI is InChI=1S/C26H27FN4O2/c27-21-11-12-24(31-15-13-28-14-16-31)22(18-21)29-26(33)23(17-19-7-3-1-4-8-19)30-25(32)20-9-5-2-6-10-20/h1-12,18,23,28H,13-17H2,(H,29,33)(H,30,32). The maximum atomic E-state index is 14.1. The minimum absolute atomic E-state index is 0.309. The number of nitrogens with one attached hydrogen (secondary N) is 3. The number of anilines is 2. The van der Waals surface area contributed by atoms with Crippen molar-refractivity contribution in [3.05, 3.63) is 95.8 Å². The van der Waals surface area contributed by atoms with Gasteiger partial charge in [-0.2, -0.15) is 0 Å². The molecule has 1 unspecified atom stereocenters. The predicted octanol–water partition coefficient (Wildman–Crippen LogP) is 3.22. The van der Waals surface area contributed by atoms with E-state index in [0.29, 0.717) is 17.7 Å². The molecule has 1 aliphatic rings. The maximum absolute atomic E-state index is 14.1. The molecule has 3 aromatic rings. The van der Waals surface area contributed by atoms with Crippen molar-refractivity contribution in [3.63, 3.8) is 0 Å². The van der Waals surface area contributed by atoms with E-state index >= 15 is 0 Å². The molecule has 3 N–H and O–H groups in total. The molecule has 0 radical (unpaired) electrons. The molecule has 33 heavy (non-hydrogen) atoms. The molecule has 0 bridgehead atoms. The Morgan fingerprint density at radius 1 is 0.939 bits per heavy atom. The van der Waals surface area contributed by atoms with Gasteiger partial charge in [0.1, 0.15) is 11.9 Å². The molecular formula is C26H27FN4O2. The van der Waals surface area contributed by atoms with Crippen molar-refractivity contribution < 1.29 is 14.0 Å². The number of halogens is 1. The topological polar surface area (TPSA) is 73.5 Å². The van der Waals surface area contributed by atoms with Crippen LogP contribution in [0.2, 0.25) is 0 Å². The number of carbonyl (C=O) groups is 2. The zero-order valence-electron chi connectivity index (χ0n) is 18.3. The summed E-state index contributed by atoms with van der Waals surface area (Å²) in [6, 6.07) is 21.8. The minimum Gasteiger partial charge on any atom is -0.367 e.